The monoisotopic (exact) mass is 273 g/mol. The molecule has 0 saturated carbocycles. The molecule has 0 spiro atoms. The van der Waals surface area contributed by atoms with Gasteiger partial charge in [0.25, 0.3) is 0 Å². The third-order valence-electron chi connectivity index (χ3n) is 3.54. The molecule has 0 bridgehead atoms. The lowest BCUT2D eigenvalue weighted by Crippen LogP contribution is -2.42. The first-order chi connectivity index (χ1) is 9.81. The molecule has 1 aliphatic heterocycles. The van der Waals surface area contributed by atoms with E-state index in [1.54, 1.807) is 0 Å². The minimum absolute atomic E-state index is 0.274. The van der Waals surface area contributed by atoms with E-state index in [4.69, 9.17) is 9.26 Å². The van der Waals surface area contributed by atoms with Gasteiger partial charge < -0.3 is 14.6 Å². The van der Waals surface area contributed by atoms with Crippen LogP contribution < -0.4 is 5.32 Å². The molecule has 0 aliphatic carbocycles. The molecule has 0 amide bonds. The third kappa shape index (κ3) is 3.23. The first-order valence-electron chi connectivity index (χ1n) is 6.98. The fourth-order valence-electron chi connectivity index (χ4n) is 2.39. The summed E-state index contributed by atoms with van der Waals surface area (Å²) in [5.74, 6) is 1.42. The summed E-state index contributed by atoms with van der Waals surface area (Å²) in [4.78, 5) is 4.47. The van der Waals surface area contributed by atoms with Crippen molar-refractivity contribution in [3.63, 3.8) is 0 Å². The van der Waals surface area contributed by atoms with Crippen molar-refractivity contribution in [2.45, 2.75) is 25.8 Å². The SMILES string of the molecule is Cc1ccccc1Cc1noc(CC2COCCN2)n1. The van der Waals surface area contributed by atoms with Crippen LogP contribution >= 0.6 is 0 Å². The van der Waals surface area contributed by atoms with Crippen LogP contribution in [0.3, 0.4) is 0 Å². The minimum Gasteiger partial charge on any atom is -0.378 e. The molecular weight excluding hydrogens is 254 g/mol. The van der Waals surface area contributed by atoms with Crippen LogP contribution in [0.15, 0.2) is 28.8 Å². The lowest BCUT2D eigenvalue weighted by molar-refractivity contribution is 0.0744. The van der Waals surface area contributed by atoms with Crippen molar-refractivity contribution in [1.29, 1.82) is 0 Å². The standard InChI is InChI=1S/C15H19N3O2/c1-11-4-2-3-5-12(11)8-14-17-15(20-18-14)9-13-10-19-7-6-16-13/h2-5,13,16H,6-10H2,1H3. The largest absolute Gasteiger partial charge is 0.378 e. The highest BCUT2D eigenvalue weighted by Gasteiger charge is 2.17. The summed E-state index contributed by atoms with van der Waals surface area (Å²) in [7, 11) is 0. The van der Waals surface area contributed by atoms with E-state index < -0.39 is 0 Å². The van der Waals surface area contributed by atoms with Gasteiger partial charge in [0, 0.05) is 25.4 Å². The van der Waals surface area contributed by atoms with Crippen molar-refractivity contribution < 1.29 is 9.26 Å². The second-order valence-corrected chi connectivity index (χ2v) is 5.14. The van der Waals surface area contributed by atoms with Crippen molar-refractivity contribution >= 4 is 0 Å². The molecule has 1 unspecified atom stereocenters. The van der Waals surface area contributed by atoms with Gasteiger partial charge in [0.2, 0.25) is 5.89 Å². The Hall–Kier alpha value is -1.72. The number of hydrogen-bond donors (Lipinski definition) is 1. The van der Waals surface area contributed by atoms with Crippen LogP contribution in [0.4, 0.5) is 0 Å². The molecule has 106 valence electrons. The summed E-state index contributed by atoms with van der Waals surface area (Å²) < 4.78 is 10.7. The number of nitrogens with zero attached hydrogens (tertiary/aromatic N) is 2. The smallest absolute Gasteiger partial charge is 0.228 e. The lowest BCUT2D eigenvalue weighted by Gasteiger charge is -2.22. The van der Waals surface area contributed by atoms with E-state index in [-0.39, 0.29) is 6.04 Å². The normalized spacial score (nSPS) is 19.1. The van der Waals surface area contributed by atoms with Gasteiger partial charge in [-0.25, -0.2) is 0 Å². The van der Waals surface area contributed by atoms with Crippen molar-refractivity contribution in [3.8, 4) is 0 Å². The maximum Gasteiger partial charge on any atom is 0.228 e. The summed E-state index contributed by atoms with van der Waals surface area (Å²) in [6.07, 6.45) is 1.44. The Morgan fingerprint density at radius 3 is 3.05 bits per heavy atom. The van der Waals surface area contributed by atoms with Crippen LogP contribution in [-0.4, -0.2) is 35.9 Å². The van der Waals surface area contributed by atoms with Crippen molar-refractivity contribution in [2.75, 3.05) is 19.8 Å². The molecule has 0 radical (unpaired) electrons. The zero-order valence-electron chi connectivity index (χ0n) is 11.6. The van der Waals surface area contributed by atoms with E-state index in [0.29, 0.717) is 18.9 Å². The number of nitrogens with one attached hydrogen (secondary N) is 1. The summed E-state index contributed by atoms with van der Waals surface area (Å²) in [6.45, 7) is 4.46. The second kappa shape index (κ2) is 6.15. The van der Waals surface area contributed by atoms with Gasteiger partial charge in [0.05, 0.1) is 13.2 Å². The van der Waals surface area contributed by atoms with Crippen LogP contribution in [0.2, 0.25) is 0 Å². The van der Waals surface area contributed by atoms with Crippen molar-refractivity contribution in [3.05, 3.63) is 47.1 Å². The second-order valence-electron chi connectivity index (χ2n) is 5.14. The molecule has 5 heteroatoms. The molecule has 5 nitrogen and oxygen atoms in total. The van der Waals surface area contributed by atoms with Crippen LogP contribution in [0.1, 0.15) is 22.8 Å². The van der Waals surface area contributed by atoms with Gasteiger partial charge in [-0.3, -0.25) is 0 Å². The van der Waals surface area contributed by atoms with Crippen LogP contribution in [0.25, 0.3) is 0 Å². The molecule has 20 heavy (non-hydrogen) atoms. The van der Waals surface area contributed by atoms with E-state index in [2.05, 4.69) is 34.5 Å². The molecule has 1 atom stereocenters. The molecule has 1 aliphatic rings. The highest BCUT2D eigenvalue weighted by atomic mass is 16.5. The van der Waals surface area contributed by atoms with E-state index in [0.717, 1.165) is 25.4 Å². The molecular formula is C15H19N3O2. The third-order valence-corrected chi connectivity index (χ3v) is 3.54. The Morgan fingerprint density at radius 2 is 2.25 bits per heavy atom. The first-order valence-corrected chi connectivity index (χ1v) is 6.98. The van der Waals surface area contributed by atoms with Crippen LogP contribution in [-0.2, 0) is 17.6 Å². The summed E-state index contributed by atoms with van der Waals surface area (Å²) in [6, 6.07) is 8.54. The van der Waals surface area contributed by atoms with Crippen LogP contribution in [0.5, 0.6) is 0 Å². The molecule has 1 saturated heterocycles. The number of ether oxygens (including phenoxy) is 1. The molecule has 3 rings (SSSR count). The highest BCUT2D eigenvalue weighted by molar-refractivity contribution is 5.27. The fraction of sp³-hybridized carbons (Fsp3) is 0.467. The first kappa shape index (κ1) is 13.3. The Morgan fingerprint density at radius 1 is 1.35 bits per heavy atom. The number of hydrogen-bond acceptors (Lipinski definition) is 5. The number of benzene rings is 1. The average Bonchev–Trinajstić information content (AvgIpc) is 2.90. The molecule has 2 aromatic rings. The average molecular weight is 273 g/mol. The topological polar surface area (TPSA) is 60.2 Å². The quantitative estimate of drug-likeness (QED) is 0.914. The van der Waals surface area contributed by atoms with Crippen molar-refractivity contribution in [2.24, 2.45) is 0 Å². The van der Waals surface area contributed by atoms with E-state index in [9.17, 15) is 0 Å². The Labute approximate surface area is 118 Å². The Kier molecular flexibility index (Phi) is 4.08. The molecule has 2 heterocycles. The van der Waals surface area contributed by atoms with Gasteiger partial charge in [-0.2, -0.15) is 4.98 Å². The predicted molar refractivity (Wildman–Crippen MR) is 74.6 cm³/mol. The zero-order chi connectivity index (χ0) is 13.8. The summed E-state index contributed by atoms with van der Waals surface area (Å²) in [5.41, 5.74) is 2.49. The highest BCUT2D eigenvalue weighted by Crippen LogP contribution is 2.12. The van der Waals surface area contributed by atoms with E-state index in [1.165, 1.54) is 11.1 Å². The number of rotatable bonds is 4. The maximum atomic E-state index is 5.42. The summed E-state index contributed by atoms with van der Waals surface area (Å²) in [5, 5.41) is 7.45. The molecule has 1 fully saturated rings. The van der Waals surface area contributed by atoms with E-state index >= 15 is 0 Å². The zero-order valence-corrected chi connectivity index (χ0v) is 11.6. The van der Waals surface area contributed by atoms with E-state index in [1.807, 2.05) is 12.1 Å². The molecule has 1 aromatic carbocycles. The molecule has 1 N–H and O–H groups in total. The van der Waals surface area contributed by atoms with Crippen LogP contribution in [0, 0.1) is 6.92 Å². The van der Waals surface area contributed by atoms with Gasteiger partial charge >= 0.3 is 0 Å². The Balaban J connectivity index is 1.63. The number of morpholine rings is 1. The minimum atomic E-state index is 0.274. The van der Waals surface area contributed by atoms with Gasteiger partial charge in [-0.05, 0) is 18.1 Å². The number of aryl methyl sites for hydroxylation is 1. The summed E-state index contributed by atoms with van der Waals surface area (Å²) >= 11 is 0. The lowest BCUT2D eigenvalue weighted by atomic mass is 10.1. The van der Waals surface area contributed by atoms with Gasteiger partial charge in [-0.15, -0.1) is 0 Å². The number of aromatic nitrogens is 2. The molecule has 1 aromatic heterocycles. The van der Waals surface area contributed by atoms with Gasteiger partial charge in [0.15, 0.2) is 5.82 Å². The van der Waals surface area contributed by atoms with Gasteiger partial charge in [-0.1, -0.05) is 29.4 Å². The Bertz CT molecular complexity index is 562. The maximum absolute atomic E-state index is 5.42. The predicted octanol–water partition coefficient (Wildman–Crippen LogP) is 1.50. The van der Waals surface area contributed by atoms with Gasteiger partial charge in [0.1, 0.15) is 0 Å². The fourth-order valence-corrected chi connectivity index (χ4v) is 2.39. The van der Waals surface area contributed by atoms with Crippen molar-refractivity contribution in [1.82, 2.24) is 15.5 Å².